The molecule has 1 aromatic rings. The number of aryl methyl sites for hydroxylation is 1. The summed E-state index contributed by atoms with van der Waals surface area (Å²) >= 11 is 0. The number of carbonyl (C=O) groups excluding carboxylic acids is 1. The van der Waals surface area contributed by atoms with Crippen molar-refractivity contribution in [2.75, 3.05) is 19.6 Å². The van der Waals surface area contributed by atoms with Gasteiger partial charge in [-0.2, -0.15) is 0 Å². The van der Waals surface area contributed by atoms with E-state index in [1.54, 1.807) is 19.1 Å². The molecule has 1 fully saturated rings. The number of halogens is 1. The zero-order valence-corrected chi connectivity index (χ0v) is 12.7. The maximum Gasteiger partial charge on any atom is 0.164 e. The number of ketones is 1. The molecule has 20 heavy (non-hydrogen) atoms. The minimum atomic E-state index is -0.295. The molecule has 1 aliphatic heterocycles. The van der Waals surface area contributed by atoms with E-state index >= 15 is 0 Å². The summed E-state index contributed by atoms with van der Waals surface area (Å²) in [5, 5.41) is 0. The van der Waals surface area contributed by atoms with Crippen molar-refractivity contribution < 1.29 is 9.18 Å². The summed E-state index contributed by atoms with van der Waals surface area (Å²) in [6.07, 6.45) is 1.68. The van der Waals surface area contributed by atoms with Gasteiger partial charge in [0.05, 0.1) is 0 Å². The van der Waals surface area contributed by atoms with E-state index in [2.05, 4.69) is 18.7 Å². The Bertz CT molecular complexity index is 486. The second-order valence-electron chi connectivity index (χ2n) is 6.18. The Hall–Kier alpha value is -1.22. The van der Waals surface area contributed by atoms with Gasteiger partial charge in [-0.3, -0.25) is 4.79 Å². The average molecular weight is 277 g/mol. The molecule has 2 unspecified atom stereocenters. The summed E-state index contributed by atoms with van der Waals surface area (Å²) in [5.41, 5.74) is 1.08. The third-order valence-electron chi connectivity index (χ3n) is 4.57. The second-order valence-corrected chi connectivity index (χ2v) is 6.18. The van der Waals surface area contributed by atoms with Gasteiger partial charge < -0.3 is 4.90 Å². The first-order valence-electron chi connectivity index (χ1n) is 7.49. The molecule has 1 saturated heterocycles. The normalized spacial score (nSPS) is 23.8. The van der Waals surface area contributed by atoms with Gasteiger partial charge in [0, 0.05) is 25.1 Å². The van der Waals surface area contributed by atoms with Crippen LogP contribution in [0.5, 0.6) is 0 Å². The summed E-state index contributed by atoms with van der Waals surface area (Å²) < 4.78 is 13.5. The van der Waals surface area contributed by atoms with Crippen molar-refractivity contribution in [1.29, 1.82) is 0 Å². The molecule has 1 heterocycles. The fourth-order valence-corrected chi connectivity index (χ4v) is 2.72. The highest BCUT2D eigenvalue weighted by atomic mass is 19.1. The number of hydrogen-bond donors (Lipinski definition) is 0. The summed E-state index contributed by atoms with van der Waals surface area (Å²) in [7, 11) is 0. The summed E-state index contributed by atoms with van der Waals surface area (Å²) in [5.74, 6) is 1.20. The van der Waals surface area contributed by atoms with E-state index < -0.39 is 0 Å². The molecule has 2 nitrogen and oxygen atoms in total. The lowest BCUT2D eigenvalue weighted by Crippen LogP contribution is -2.39. The van der Waals surface area contributed by atoms with Crippen LogP contribution in [-0.2, 0) is 0 Å². The molecule has 0 amide bonds. The maximum atomic E-state index is 13.5. The Kier molecular flexibility index (Phi) is 4.92. The van der Waals surface area contributed by atoms with E-state index in [4.69, 9.17) is 0 Å². The van der Waals surface area contributed by atoms with Crippen LogP contribution in [0.3, 0.4) is 0 Å². The number of Topliss-reactive ketones (excluding diaryl/α,β-unsaturated/α-hetero) is 1. The van der Waals surface area contributed by atoms with Crippen molar-refractivity contribution >= 4 is 5.78 Å². The van der Waals surface area contributed by atoms with Gasteiger partial charge in [-0.25, -0.2) is 4.39 Å². The number of nitrogens with zero attached hydrogens (tertiary/aromatic N) is 1. The lowest BCUT2D eigenvalue weighted by Gasteiger charge is -2.35. The van der Waals surface area contributed by atoms with Gasteiger partial charge >= 0.3 is 0 Å². The average Bonchev–Trinajstić information content (AvgIpc) is 2.43. The quantitative estimate of drug-likeness (QED) is 0.782. The summed E-state index contributed by atoms with van der Waals surface area (Å²) in [4.78, 5) is 14.5. The maximum absolute atomic E-state index is 13.5. The topological polar surface area (TPSA) is 20.3 Å². The van der Waals surface area contributed by atoms with E-state index in [0.717, 1.165) is 25.6 Å². The molecule has 1 aliphatic rings. The number of benzene rings is 1. The Balaban J connectivity index is 1.87. The largest absolute Gasteiger partial charge is 0.303 e. The Morgan fingerprint density at radius 3 is 2.75 bits per heavy atom. The Labute approximate surface area is 121 Å². The minimum Gasteiger partial charge on any atom is -0.303 e. The van der Waals surface area contributed by atoms with Crippen LogP contribution < -0.4 is 0 Å². The van der Waals surface area contributed by atoms with Crippen LogP contribution in [0.15, 0.2) is 18.2 Å². The molecule has 110 valence electrons. The van der Waals surface area contributed by atoms with Crippen LogP contribution in [-0.4, -0.2) is 30.3 Å². The first kappa shape index (κ1) is 15.2. The fraction of sp³-hybridized carbons (Fsp3) is 0.588. The van der Waals surface area contributed by atoms with Gasteiger partial charge in [0.25, 0.3) is 0 Å². The van der Waals surface area contributed by atoms with Gasteiger partial charge in [-0.15, -0.1) is 0 Å². The van der Waals surface area contributed by atoms with Crippen molar-refractivity contribution in [2.45, 2.75) is 33.6 Å². The molecule has 2 rings (SSSR count). The zero-order valence-electron chi connectivity index (χ0n) is 12.7. The van der Waals surface area contributed by atoms with Gasteiger partial charge in [0.1, 0.15) is 5.82 Å². The predicted octanol–water partition coefficient (Wildman–Crippen LogP) is 3.68. The number of hydrogen-bond acceptors (Lipinski definition) is 2. The Morgan fingerprint density at radius 2 is 2.10 bits per heavy atom. The first-order valence-corrected chi connectivity index (χ1v) is 7.49. The van der Waals surface area contributed by atoms with Crippen molar-refractivity contribution in [1.82, 2.24) is 4.90 Å². The van der Waals surface area contributed by atoms with Crippen LogP contribution >= 0.6 is 0 Å². The van der Waals surface area contributed by atoms with E-state index in [1.165, 1.54) is 12.5 Å². The molecule has 3 heteroatoms. The highest BCUT2D eigenvalue weighted by Gasteiger charge is 2.22. The minimum absolute atomic E-state index is 0.0372. The highest BCUT2D eigenvalue weighted by Crippen LogP contribution is 2.22. The summed E-state index contributed by atoms with van der Waals surface area (Å²) in [6, 6.07) is 4.76. The molecular weight excluding hydrogens is 253 g/mol. The molecule has 0 aliphatic carbocycles. The van der Waals surface area contributed by atoms with Crippen molar-refractivity contribution in [3.63, 3.8) is 0 Å². The summed E-state index contributed by atoms with van der Waals surface area (Å²) in [6.45, 7) is 9.19. The van der Waals surface area contributed by atoms with E-state index in [9.17, 15) is 9.18 Å². The van der Waals surface area contributed by atoms with Gasteiger partial charge in [0.2, 0.25) is 0 Å². The lowest BCUT2D eigenvalue weighted by molar-refractivity contribution is 0.0926. The third-order valence-corrected chi connectivity index (χ3v) is 4.57. The van der Waals surface area contributed by atoms with Crippen LogP contribution in [0, 0.1) is 24.6 Å². The van der Waals surface area contributed by atoms with Crippen LogP contribution in [0.2, 0.25) is 0 Å². The number of piperidine rings is 1. The van der Waals surface area contributed by atoms with Crippen molar-refractivity contribution in [3.05, 3.63) is 35.1 Å². The molecule has 0 N–H and O–H groups in total. The molecule has 1 aromatic carbocycles. The van der Waals surface area contributed by atoms with Crippen LogP contribution in [0.1, 0.15) is 42.6 Å². The monoisotopic (exact) mass is 277 g/mol. The fourth-order valence-electron chi connectivity index (χ4n) is 2.72. The van der Waals surface area contributed by atoms with E-state index in [1.807, 2.05) is 0 Å². The first-order chi connectivity index (χ1) is 9.47. The third kappa shape index (κ3) is 3.66. The molecular formula is C17H24FNO. The SMILES string of the molecule is Cc1ccc(C(=O)CCN2CCC(C)C(C)C2)cc1F. The van der Waals surface area contributed by atoms with Crippen LogP contribution in [0.25, 0.3) is 0 Å². The number of rotatable bonds is 4. The number of likely N-dealkylation sites (tertiary alicyclic amines) is 1. The molecule has 0 aromatic heterocycles. The number of carbonyl (C=O) groups is 1. The van der Waals surface area contributed by atoms with Gasteiger partial charge in [-0.05, 0) is 43.4 Å². The standard InChI is InChI=1S/C17H24FNO/c1-12-6-8-19(11-14(12)3)9-7-17(20)15-5-4-13(2)16(18)10-15/h4-5,10,12,14H,6-9,11H2,1-3H3. The molecule has 2 atom stereocenters. The molecule has 0 radical (unpaired) electrons. The highest BCUT2D eigenvalue weighted by molar-refractivity contribution is 5.96. The Morgan fingerprint density at radius 1 is 1.35 bits per heavy atom. The smallest absolute Gasteiger partial charge is 0.164 e. The second kappa shape index (κ2) is 6.49. The van der Waals surface area contributed by atoms with E-state index in [-0.39, 0.29) is 11.6 Å². The van der Waals surface area contributed by atoms with Crippen molar-refractivity contribution in [2.24, 2.45) is 11.8 Å². The lowest BCUT2D eigenvalue weighted by atomic mass is 9.88. The molecule has 0 spiro atoms. The molecule has 0 saturated carbocycles. The van der Waals surface area contributed by atoms with Gasteiger partial charge in [0.15, 0.2) is 5.78 Å². The van der Waals surface area contributed by atoms with Crippen molar-refractivity contribution in [3.8, 4) is 0 Å². The zero-order chi connectivity index (χ0) is 14.7. The predicted molar refractivity (Wildman–Crippen MR) is 79.5 cm³/mol. The van der Waals surface area contributed by atoms with Crippen LogP contribution in [0.4, 0.5) is 4.39 Å². The van der Waals surface area contributed by atoms with Gasteiger partial charge in [-0.1, -0.05) is 26.0 Å². The molecule has 0 bridgehead atoms. The van der Waals surface area contributed by atoms with E-state index in [0.29, 0.717) is 23.5 Å².